The maximum absolute atomic E-state index is 10.9. The maximum Gasteiger partial charge on any atom is 0.374 e. The fourth-order valence-corrected chi connectivity index (χ4v) is 2.63. The van der Waals surface area contributed by atoms with E-state index in [2.05, 4.69) is 21.1 Å². The van der Waals surface area contributed by atoms with Crippen LogP contribution >= 0.6 is 15.9 Å². The number of carbonyl (C=O) groups is 1. The average molecular weight is 368 g/mol. The molecule has 0 saturated heterocycles. The summed E-state index contributed by atoms with van der Waals surface area (Å²) < 4.78 is 16.7. The highest BCUT2D eigenvalue weighted by molar-refractivity contribution is 9.10. The van der Waals surface area contributed by atoms with Gasteiger partial charge in [0.2, 0.25) is 5.76 Å². The summed E-state index contributed by atoms with van der Waals surface area (Å²) in [6.45, 7) is 0.644. The SMILES string of the molecule is COc1c(Br)cc(-c2cc(C(=O)O)on2)cc1OCC1CC1. The van der Waals surface area contributed by atoms with Crippen LogP contribution in [0.15, 0.2) is 27.2 Å². The summed E-state index contributed by atoms with van der Waals surface area (Å²) in [6.07, 6.45) is 2.38. The van der Waals surface area contributed by atoms with Crippen molar-refractivity contribution in [2.24, 2.45) is 5.92 Å². The van der Waals surface area contributed by atoms with E-state index in [1.807, 2.05) is 0 Å². The van der Waals surface area contributed by atoms with E-state index in [1.165, 1.54) is 18.9 Å². The molecule has 0 spiro atoms. The minimum atomic E-state index is -1.16. The Kier molecular flexibility index (Phi) is 4.06. The van der Waals surface area contributed by atoms with Crippen LogP contribution in [0.4, 0.5) is 0 Å². The van der Waals surface area contributed by atoms with Crippen LogP contribution in [-0.4, -0.2) is 29.9 Å². The Morgan fingerprint density at radius 3 is 2.82 bits per heavy atom. The lowest BCUT2D eigenvalue weighted by molar-refractivity contribution is 0.0652. The van der Waals surface area contributed by atoms with Crippen molar-refractivity contribution in [1.82, 2.24) is 5.16 Å². The van der Waals surface area contributed by atoms with E-state index < -0.39 is 5.97 Å². The molecule has 1 aliphatic rings. The van der Waals surface area contributed by atoms with Crippen LogP contribution in [-0.2, 0) is 0 Å². The highest BCUT2D eigenvalue weighted by Gasteiger charge is 2.23. The van der Waals surface area contributed by atoms with Crippen molar-refractivity contribution in [3.05, 3.63) is 28.4 Å². The number of carboxylic acid groups (broad SMARTS) is 1. The van der Waals surface area contributed by atoms with Crippen LogP contribution in [0.5, 0.6) is 11.5 Å². The van der Waals surface area contributed by atoms with Gasteiger partial charge in [0.05, 0.1) is 18.2 Å². The third-order valence-electron chi connectivity index (χ3n) is 3.40. The van der Waals surface area contributed by atoms with Gasteiger partial charge in [-0.3, -0.25) is 0 Å². The molecule has 1 aromatic carbocycles. The number of carboxylic acids is 1. The number of rotatable bonds is 6. The zero-order valence-corrected chi connectivity index (χ0v) is 13.4. The number of halogens is 1. The van der Waals surface area contributed by atoms with E-state index >= 15 is 0 Å². The molecule has 0 radical (unpaired) electrons. The summed E-state index contributed by atoms with van der Waals surface area (Å²) in [5.74, 6) is 0.446. The Bertz CT molecular complexity index is 708. The lowest BCUT2D eigenvalue weighted by Gasteiger charge is -2.13. The van der Waals surface area contributed by atoms with Crippen LogP contribution in [0.2, 0.25) is 0 Å². The fourth-order valence-electron chi connectivity index (χ4n) is 2.03. The predicted molar refractivity (Wildman–Crippen MR) is 81.4 cm³/mol. The van der Waals surface area contributed by atoms with Crippen molar-refractivity contribution in [1.29, 1.82) is 0 Å². The molecule has 1 saturated carbocycles. The molecule has 1 aromatic heterocycles. The Hall–Kier alpha value is -2.02. The lowest BCUT2D eigenvalue weighted by atomic mass is 10.1. The number of ether oxygens (including phenoxy) is 2. The van der Waals surface area contributed by atoms with Gasteiger partial charge in [0.1, 0.15) is 5.69 Å². The second kappa shape index (κ2) is 6.00. The second-order valence-electron chi connectivity index (χ2n) is 5.13. The highest BCUT2D eigenvalue weighted by Crippen LogP contribution is 2.40. The molecule has 2 aromatic rings. The Morgan fingerprint density at radius 2 is 2.23 bits per heavy atom. The number of aromatic nitrogens is 1. The summed E-state index contributed by atoms with van der Waals surface area (Å²) >= 11 is 3.43. The summed E-state index contributed by atoms with van der Waals surface area (Å²) in [7, 11) is 1.57. The van der Waals surface area contributed by atoms with E-state index in [4.69, 9.17) is 19.1 Å². The van der Waals surface area contributed by atoms with Gasteiger partial charge in [-0.05, 0) is 46.8 Å². The Morgan fingerprint density at radius 1 is 1.45 bits per heavy atom. The summed E-state index contributed by atoms with van der Waals surface area (Å²) in [5.41, 5.74) is 1.12. The van der Waals surface area contributed by atoms with Gasteiger partial charge in [-0.2, -0.15) is 0 Å². The molecule has 0 atom stereocenters. The molecule has 6 nitrogen and oxygen atoms in total. The van der Waals surface area contributed by atoms with Gasteiger partial charge in [-0.15, -0.1) is 0 Å². The third kappa shape index (κ3) is 3.09. The quantitative estimate of drug-likeness (QED) is 0.839. The molecule has 1 aliphatic carbocycles. The molecule has 0 bridgehead atoms. The first kappa shape index (κ1) is 14.9. The average Bonchev–Trinajstić information content (AvgIpc) is 3.18. The van der Waals surface area contributed by atoms with Gasteiger partial charge in [-0.25, -0.2) is 4.79 Å². The summed E-state index contributed by atoms with van der Waals surface area (Å²) in [5, 5.41) is 12.7. The van der Waals surface area contributed by atoms with Crippen molar-refractivity contribution in [2.45, 2.75) is 12.8 Å². The summed E-state index contributed by atoms with van der Waals surface area (Å²) in [6, 6.07) is 4.93. The monoisotopic (exact) mass is 367 g/mol. The van der Waals surface area contributed by atoms with E-state index in [1.54, 1.807) is 19.2 Å². The van der Waals surface area contributed by atoms with Gasteiger partial charge in [0, 0.05) is 11.6 Å². The van der Waals surface area contributed by atoms with Gasteiger partial charge in [0.15, 0.2) is 11.5 Å². The van der Waals surface area contributed by atoms with E-state index in [0.29, 0.717) is 39.8 Å². The highest BCUT2D eigenvalue weighted by atomic mass is 79.9. The van der Waals surface area contributed by atoms with Crippen molar-refractivity contribution >= 4 is 21.9 Å². The molecule has 3 rings (SSSR count). The topological polar surface area (TPSA) is 81.8 Å². The van der Waals surface area contributed by atoms with Crippen LogP contribution in [0.1, 0.15) is 23.4 Å². The molecule has 0 aliphatic heterocycles. The first-order chi connectivity index (χ1) is 10.6. The molecule has 1 fully saturated rings. The van der Waals surface area contributed by atoms with E-state index in [0.717, 1.165) is 0 Å². The molecular formula is C15H14BrNO5. The van der Waals surface area contributed by atoms with Crippen LogP contribution in [0.3, 0.4) is 0 Å². The molecule has 1 N–H and O–H groups in total. The molecule has 22 heavy (non-hydrogen) atoms. The molecule has 1 heterocycles. The minimum Gasteiger partial charge on any atom is -0.492 e. The van der Waals surface area contributed by atoms with Gasteiger partial charge in [-0.1, -0.05) is 5.16 Å². The van der Waals surface area contributed by atoms with Crippen molar-refractivity contribution in [3.63, 3.8) is 0 Å². The smallest absolute Gasteiger partial charge is 0.374 e. The van der Waals surface area contributed by atoms with Crippen molar-refractivity contribution in [3.8, 4) is 22.8 Å². The molecule has 7 heteroatoms. The van der Waals surface area contributed by atoms with Crippen LogP contribution < -0.4 is 9.47 Å². The predicted octanol–water partition coefficient (Wildman–Crippen LogP) is 3.60. The van der Waals surface area contributed by atoms with Crippen LogP contribution in [0, 0.1) is 5.92 Å². The van der Waals surface area contributed by atoms with Gasteiger partial charge < -0.3 is 19.1 Å². The van der Waals surface area contributed by atoms with Crippen molar-refractivity contribution < 1.29 is 23.9 Å². The third-order valence-corrected chi connectivity index (χ3v) is 3.99. The van der Waals surface area contributed by atoms with Gasteiger partial charge in [0.25, 0.3) is 0 Å². The number of methoxy groups -OCH3 is 1. The number of hydrogen-bond donors (Lipinski definition) is 1. The molecule has 0 amide bonds. The maximum atomic E-state index is 10.9. The summed E-state index contributed by atoms with van der Waals surface area (Å²) in [4.78, 5) is 10.9. The number of benzene rings is 1. The molecule has 116 valence electrons. The van der Waals surface area contributed by atoms with Gasteiger partial charge >= 0.3 is 5.97 Å². The fraction of sp³-hybridized carbons (Fsp3) is 0.333. The first-order valence-corrected chi connectivity index (χ1v) is 7.58. The van der Waals surface area contributed by atoms with Crippen LogP contribution in [0.25, 0.3) is 11.3 Å². The Balaban J connectivity index is 1.94. The largest absolute Gasteiger partial charge is 0.492 e. The molecular weight excluding hydrogens is 354 g/mol. The first-order valence-electron chi connectivity index (χ1n) is 6.79. The normalized spacial score (nSPS) is 13.9. The van der Waals surface area contributed by atoms with Crippen molar-refractivity contribution in [2.75, 3.05) is 13.7 Å². The molecule has 0 unspecified atom stereocenters. The zero-order valence-electron chi connectivity index (χ0n) is 11.8. The van der Waals surface area contributed by atoms with E-state index in [-0.39, 0.29) is 5.76 Å². The number of aromatic carboxylic acids is 1. The zero-order chi connectivity index (χ0) is 15.7. The lowest BCUT2D eigenvalue weighted by Crippen LogP contribution is -2.01. The second-order valence-corrected chi connectivity index (χ2v) is 5.98. The number of hydrogen-bond acceptors (Lipinski definition) is 5. The standard InChI is InChI=1S/C15H14BrNO5/c1-20-14-10(16)4-9(5-12(14)21-7-8-2-3-8)11-6-13(15(18)19)22-17-11/h4-6,8H,2-3,7H2,1H3,(H,18,19). The number of nitrogens with zero attached hydrogens (tertiary/aromatic N) is 1. The Labute approximate surface area is 135 Å². The van der Waals surface area contributed by atoms with E-state index in [9.17, 15) is 4.79 Å². The minimum absolute atomic E-state index is 0.206.